The summed E-state index contributed by atoms with van der Waals surface area (Å²) in [5.41, 5.74) is -0.261. The molecule has 1 N–H and O–H groups in total. The largest absolute Gasteiger partial charge is 0.392 e. The second-order valence-corrected chi connectivity index (χ2v) is 3.87. The Morgan fingerprint density at radius 1 is 1.46 bits per heavy atom. The predicted octanol–water partition coefficient (Wildman–Crippen LogP) is 3.04. The number of rotatable bonds is 2. The first-order valence-corrected chi connectivity index (χ1v) is 4.88. The van der Waals surface area contributed by atoms with E-state index in [4.69, 9.17) is 5.11 Å². The minimum absolute atomic E-state index is 0.130. The minimum atomic E-state index is -2.67. The van der Waals surface area contributed by atoms with Gasteiger partial charge in [0.1, 0.15) is 10.3 Å². The number of aliphatic hydroxyl groups excluding tert-OH is 1. The number of nitrogens with zero attached hydrogens (tertiary/aromatic N) is 1. The van der Waals surface area contributed by atoms with Crippen molar-refractivity contribution in [3.05, 3.63) is 26.4 Å². The summed E-state index contributed by atoms with van der Waals surface area (Å²) in [5, 5.41) is 8.77. The van der Waals surface area contributed by atoms with E-state index in [0.29, 0.717) is 9.08 Å². The van der Waals surface area contributed by atoms with Crippen molar-refractivity contribution >= 4 is 31.9 Å². The summed E-state index contributed by atoms with van der Waals surface area (Å²) >= 11 is 6.11. The Hall–Kier alpha value is -0.0700. The number of pyridine rings is 1. The Kier molecular flexibility index (Phi) is 3.75. The molecule has 6 heteroatoms. The first-order valence-electron chi connectivity index (χ1n) is 3.30. The van der Waals surface area contributed by atoms with Gasteiger partial charge in [0.05, 0.1) is 11.1 Å². The van der Waals surface area contributed by atoms with Crippen LogP contribution in [0.2, 0.25) is 0 Å². The highest BCUT2D eigenvalue weighted by Gasteiger charge is 2.16. The van der Waals surface area contributed by atoms with Crippen LogP contribution in [-0.2, 0) is 6.61 Å². The minimum Gasteiger partial charge on any atom is -0.392 e. The Morgan fingerprint density at radius 2 is 2.08 bits per heavy atom. The molecule has 1 heterocycles. The molecule has 0 saturated heterocycles. The van der Waals surface area contributed by atoms with Gasteiger partial charge < -0.3 is 5.11 Å². The highest BCUT2D eigenvalue weighted by Crippen LogP contribution is 2.28. The Bertz CT molecular complexity index is 320. The van der Waals surface area contributed by atoms with E-state index in [2.05, 4.69) is 36.8 Å². The number of alkyl halides is 2. The molecule has 0 atom stereocenters. The molecule has 0 radical (unpaired) electrons. The molecule has 0 aromatic carbocycles. The summed E-state index contributed by atoms with van der Waals surface area (Å²) in [5.74, 6) is 0. The standard InChI is InChI=1S/C7H5Br2F2NO/c8-4-1-3(2-13)5(7(10)11)12-6(4)9/h1,7,13H,2H2. The maximum Gasteiger partial charge on any atom is 0.280 e. The smallest absolute Gasteiger partial charge is 0.280 e. The average molecular weight is 317 g/mol. The molecule has 0 unspecified atom stereocenters. The Morgan fingerprint density at radius 3 is 2.54 bits per heavy atom. The fourth-order valence-corrected chi connectivity index (χ4v) is 1.50. The maximum atomic E-state index is 12.3. The van der Waals surface area contributed by atoms with Gasteiger partial charge in [-0.2, -0.15) is 0 Å². The van der Waals surface area contributed by atoms with Gasteiger partial charge in [-0.3, -0.25) is 0 Å². The van der Waals surface area contributed by atoms with E-state index in [1.807, 2.05) is 0 Å². The molecule has 0 aliphatic carbocycles. The molecule has 13 heavy (non-hydrogen) atoms. The van der Waals surface area contributed by atoms with Crippen LogP contribution in [0.15, 0.2) is 15.1 Å². The summed E-state index contributed by atoms with van der Waals surface area (Å²) in [7, 11) is 0. The highest BCUT2D eigenvalue weighted by molar-refractivity contribution is 9.13. The number of hydrogen-bond acceptors (Lipinski definition) is 2. The monoisotopic (exact) mass is 315 g/mol. The second-order valence-electron chi connectivity index (χ2n) is 2.26. The fourth-order valence-electron chi connectivity index (χ4n) is 0.833. The molecular formula is C7H5Br2F2NO. The number of aromatic nitrogens is 1. The average Bonchev–Trinajstić information content (AvgIpc) is 2.08. The molecular weight excluding hydrogens is 312 g/mol. The van der Waals surface area contributed by atoms with Gasteiger partial charge in [0.15, 0.2) is 0 Å². The Balaban J connectivity index is 3.25. The van der Waals surface area contributed by atoms with Gasteiger partial charge in [-0.15, -0.1) is 0 Å². The van der Waals surface area contributed by atoms with E-state index in [9.17, 15) is 8.78 Å². The maximum absolute atomic E-state index is 12.3. The zero-order valence-electron chi connectivity index (χ0n) is 6.27. The summed E-state index contributed by atoms with van der Waals surface area (Å²) in [6.07, 6.45) is -2.67. The van der Waals surface area contributed by atoms with Gasteiger partial charge >= 0.3 is 0 Å². The van der Waals surface area contributed by atoms with Crippen LogP contribution in [-0.4, -0.2) is 10.1 Å². The van der Waals surface area contributed by atoms with Crippen LogP contribution in [0, 0.1) is 0 Å². The van der Waals surface area contributed by atoms with Crippen LogP contribution in [0.1, 0.15) is 17.7 Å². The summed E-state index contributed by atoms with van der Waals surface area (Å²) in [4.78, 5) is 3.60. The van der Waals surface area contributed by atoms with Crippen molar-refractivity contribution in [1.29, 1.82) is 0 Å². The molecule has 0 amide bonds. The van der Waals surface area contributed by atoms with Crippen LogP contribution in [0.4, 0.5) is 8.78 Å². The van der Waals surface area contributed by atoms with E-state index < -0.39 is 18.7 Å². The molecule has 0 aliphatic rings. The number of halogens is 4. The second kappa shape index (κ2) is 4.43. The van der Waals surface area contributed by atoms with Gasteiger partial charge in [-0.05, 0) is 37.9 Å². The summed E-state index contributed by atoms with van der Waals surface area (Å²) in [6, 6.07) is 1.42. The van der Waals surface area contributed by atoms with Crippen molar-refractivity contribution in [2.45, 2.75) is 13.0 Å². The highest BCUT2D eigenvalue weighted by atomic mass is 79.9. The first-order chi connectivity index (χ1) is 6.06. The lowest BCUT2D eigenvalue weighted by molar-refractivity contribution is 0.141. The van der Waals surface area contributed by atoms with E-state index >= 15 is 0 Å². The van der Waals surface area contributed by atoms with E-state index in [-0.39, 0.29) is 5.56 Å². The van der Waals surface area contributed by atoms with Crippen LogP contribution in [0.3, 0.4) is 0 Å². The molecule has 1 aromatic heterocycles. The molecule has 1 aromatic rings. The summed E-state index contributed by atoms with van der Waals surface area (Å²) in [6.45, 7) is -0.446. The quantitative estimate of drug-likeness (QED) is 0.851. The zero-order valence-corrected chi connectivity index (χ0v) is 9.44. The molecule has 2 nitrogen and oxygen atoms in total. The lowest BCUT2D eigenvalue weighted by Crippen LogP contribution is -1.99. The third-order valence-electron chi connectivity index (χ3n) is 1.42. The van der Waals surface area contributed by atoms with Gasteiger partial charge in [0, 0.05) is 5.56 Å². The normalized spacial score (nSPS) is 10.9. The molecule has 0 saturated carbocycles. The van der Waals surface area contributed by atoms with Crippen molar-refractivity contribution in [2.24, 2.45) is 0 Å². The lowest BCUT2D eigenvalue weighted by atomic mass is 10.2. The third-order valence-corrected chi connectivity index (χ3v) is 3.16. The Labute approximate surface area is 90.2 Å². The fraction of sp³-hybridized carbons (Fsp3) is 0.286. The van der Waals surface area contributed by atoms with E-state index in [1.54, 1.807) is 0 Å². The summed E-state index contributed by atoms with van der Waals surface area (Å²) < 4.78 is 25.5. The van der Waals surface area contributed by atoms with Crippen LogP contribution >= 0.6 is 31.9 Å². The van der Waals surface area contributed by atoms with Gasteiger partial charge in [0.25, 0.3) is 6.43 Å². The molecule has 0 spiro atoms. The number of hydrogen-bond donors (Lipinski definition) is 1. The van der Waals surface area contributed by atoms with Crippen molar-refractivity contribution in [2.75, 3.05) is 0 Å². The molecule has 72 valence electrons. The zero-order chi connectivity index (χ0) is 10.0. The van der Waals surface area contributed by atoms with Crippen molar-refractivity contribution < 1.29 is 13.9 Å². The van der Waals surface area contributed by atoms with Gasteiger partial charge in [-0.25, -0.2) is 13.8 Å². The lowest BCUT2D eigenvalue weighted by Gasteiger charge is -2.06. The van der Waals surface area contributed by atoms with E-state index in [0.717, 1.165) is 0 Å². The predicted molar refractivity (Wildman–Crippen MR) is 50.5 cm³/mol. The molecule has 0 bridgehead atoms. The van der Waals surface area contributed by atoms with Gasteiger partial charge in [0.2, 0.25) is 0 Å². The molecule has 1 rings (SSSR count). The topological polar surface area (TPSA) is 33.1 Å². The molecule has 0 aliphatic heterocycles. The van der Waals surface area contributed by atoms with Crippen LogP contribution < -0.4 is 0 Å². The van der Waals surface area contributed by atoms with Crippen molar-refractivity contribution in [3.8, 4) is 0 Å². The SMILES string of the molecule is OCc1cc(Br)c(Br)nc1C(F)F. The van der Waals surface area contributed by atoms with Crippen molar-refractivity contribution in [3.63, 3.8) is 0 Å². The van der Waals surface area contributed by atoms with Crippen molar-refractivity contribution in [1.82, 2.24) is 4.98 Å². The number of aliphatic hydroxyl groups is 1. The first kappa shape index (κ1) is 11.0. The third kappa shape index (κ3) is 2.45. The van der Waals surface area contributed by atoms with Crippen LogP contribution in [0.5, 0.6) is 0 Å². The van der Waals surface area contributed by atoms with Gasteiger partial charge in [-0.1, -0.05) is 0 Å². The van der Waals surface area contributed by atoms with E-state index in [1.165, 1.54) is 6.07 Å². The van der Waals surface area contributed by atoms with Crippen LogP contribution in [0.25, 0.3) is 0 Å². The molecule has 0 fully saturated rings.